The molecule has 116 valence electrons. The highest BCUT2D eigenvalue weighted by atomic mass is 16.5. The van der Waals surface area contributed by atoms with Gasteiger partial charge in [0.05, 0.1) is 11.7 Å². The van der Waals surface area contributed by atoms with Gasteiger partial charge in [-0.3, -0.25) is 0 Å². The van der Waals surface area contributed by atoms with E-state index < -0.39 is 5.60 Å². The van der Waals surface area contributed by atoms with Gasteiger partial charge in [0.2, 0.25) is 0 Å². The predicted octanol–water partition coefficient (Wildman–Crippen LogP) is 3.31. The van der Waals surface area contributed by atoms with Gasteiger partial charge in [-0.1, -0.05) is 19.1 Å². The summed E-state index contributed by atoms with van der Waals surface area (Å²) in [5, 5.41) is 11.1. The molecule has 1 saturated heterocycles. The van der Waals surface area contributed by atoms with Crippen molar-refractivity contribution >= 4 is 0 Å². The molecule has 2 aliphatic rings. The Morgan fingerprint density at radius 3 is 2.90 bits per heavy atom. The summed E-state index contributed by atoms with van der Waals surface area (Å²) >= 11 is 0. The van der Waals surface area contributed by atoms with E-state index in [1.807, 2.05) is 18.2 Å². The number of nitrogens with zero attached hydrogens (tertiary/aromatic N) is 1. The first kappa shape index (κ1) is 14.9. The van der Waals surface area contributed by atoms with Crippen molar-refractivity contribution in [3.8, 4) is 5.75 Å². The molecule has 1 atom stereocenters. The van der Waals surface area contributed by atoms with E-state index in [9.17, 15) is 5.11 Å². The van der Waals surface area contributed by atoms with Crippen LogP contribution in [0.15, 0.2) is 24.3 Å². The molecule has 0 amide bonds. The van der Waals surface area contributed by atoms with Crippen molar-refractivity contribution in [3.63, 3.8) is 0 Å². The van der Waals surface area contributed by atoms with Gasteiger partial charge in [-0.25, -0.2) is 0 Å². The van der Waals surface area contributed by atoms with Crippen LogP contribution in [0.5, 0.6) is 5.75 Å². The van der Waals surface area contributed by atoms with Crippen LogP contribution in [0, 0.1) is 0 Å². The van der Waals surface area contributed by atoms with Crippen LogP contribution in [0.25, 0.3) is 0 Å². The first-order chi connectivity index (χ1) is 10.2. The van der Waals surface area contributed by atoms with E-state index in [4.69, 9.17) is 4.74 Å². The van der Waals surface area contributed by atoms with Crippen molar-refractivity contribution in [2.75, 3.05) is 19.6 Å². The largest absolute Gasteiger partial charge is 0.490 e. The lowest BCUT2D eigenvalue weighted by Crippen LogP contribution is -2.29. The molecule has 1 unspecified atom stereocenters. The Morgan fingerprint density at radius 1 is 1.29 bits per heavy atom. The lowest BCUT2D eigenvalue weighted by atomic mass is 9.87. The average molecular weight is 289 g/mol. The second kappa shape index (κ2) is 6.37. The van der Waals surface area contributed by atoms with Gasteiger partial charge in [-0.2, -0.15) is 0 Å². The van der Waals surface area contributed by atoms with Crippen molar-refractivity contribution in [2.24, 2.45) is 0 Å². The van der Waals surface area contributed by atoms with Gasteiger partial charge in [0.1, 0.15) is 5.75 Å². The van der Waals surface area contributed by atoms with Gasteiger partial charge in [0.25, 0.3) is 0 Å². The molecule has 0 bridgehead atoms. The molecule has 3 rings (SSSR count). The Hall–Kier alpha value is -1.06. The summed E-state index contributed by atoms with van der Waals surface area (Å²) in [4.78, 5) is 2.47. The highest BCUT2D eigenvalue weighted by Crippen LogP contribution is 2.35. The number of ether oxygens (including phenoxy) is 1. The molecule has 1 aliphatic carbocycles. The molecule has 1 heterocycles. The second-order valence-electron chi connectivity index (χ2n) is 6.57. The van der Waals surface area contributed by atoms with Gasteiger partial charge in [0, 0.05) is 6.54 Å². The highest BCUT2D eigenvalue weighted by molar-refractivity contribution is 5.33. The Balaban J connectivity index is 1.71. The minimum Gasteiger partial charge on any atom is -0.490 e. The van der Waals surface area contributed by atoms with Crippen LogP contribution in [-0.4, -0.2) is 35.7 Å². The maximum absolute atomic E-state index is 11.1. The van der Waals surface area contributed by atoms with Gasteiger partial charge < -0.3 is 14.7 Å². The molecule has 1 aromatic rings. The Bertz CT molecular complexity index is 472. The van der Waals surface area contributed by atoms with E-state index in [0.29, 0.717) is 6.10 Å². The maximum atomic E-state index is 11.1. The molecule has 21 heavy (non-hydrogen) atoms. The third-order valence-electron chi connectivity index (χ3n) is 4.64. The molecule has 0 spiro atoms. The lowest BCUT2D eigenvalue weighted by molar-refractivity contribution is 0.0210. The number of aliphatic hydroxyl groups is 1. The van der Waals surface area contributed by atoms with Crippen LogP contribution in [0.1, 0.15) is 51.0 Å². The summed E-state index contributed by atoms with van der Waals surface area (Å²) < 4.78 is 5.87. The molecule has 1 N–H and O–H groups in total. The molecule has 3 nitrogen and oxygen atoms in total. The zero-order valence-corrected chi connectivity index (χ0v) is 13.1. The number of rotatable bonds is 5. The zero-order valence-electron chi connectivity index (χ0n) is 13.1. The smallest absolute Gasteiger partial charge is 0.120 e. The monoisotopic (exact) mass is 289 g/mol. The summed E-state index contributed by atoms with van der Waals surface area (Å²) in [6.45, 7) is 5.45. The van der Waals surface area contributed by atoms with Crippen LogP contribution in [-0.2, 0) is 5.60 Å². The minimum absolute atomic E-state index is 0.407. The summed E-state index contributed by atoms with van der Waals surface area (Å²) in [6.07, 6.45) is 6.65. The first-order valence-electron chi connectivity index (χ1n) is 8.41. The Labute approximate surface area is 127 Å². The van der Waals surface area contributed by atoms with Crippen molar-refractivity contribution in [3.05, 3.63) is 29.8 Å². The van der Waals surface area contributed by atoms with Crippen molar-refractivity contribution < 1.29 is 9.84 Å². The van der Waals surface area contributed by atoms with Gasteiger partial charge in [-0.05, 0) is 69.3 Å². The summed E-state index contributed by atoms with van der Waals surface area (Å²) in [7, 11) is 0. The molecular formula is C18H27NO2. The van der Waals surface area contributed by atoms with Crippen molar-refractivity contribution in [1.82, 2.24) is 4.90 Å². The van der Waals surface area contributed by atoms with Crippen LogP contribution in [0.4, 0.5) is 0 Å². The number of hydrogen-bond donors (Lipinski definition) is 1. The number of hydrogen-bond acceptors (Lipinski definition) is 3. The van der Waals surface area contributed by atoms with E-state index in [0.717, 1.165) is 50.2 Å². The normalized spacial score (nSPS) is 27.3. The Morgan fingerprint density at radius 2 is 2.14 bits per heavy atom. The van der Waals surface area contributed by atoms with Crippen LogP contribution in [0.2, 0.25) is 0 Å². The fourth-order valence-corrected chi connectivity index (χ4v) is 3.24. The SMILES string of the molecule is CCCN1CCCC(O)(c2cccc(OC3CC3)c2)CC1. The second-order valence-corrected chi connectivity index (χ2v) is 6.57. The molecule has 0 aromatic heterocycles. The Kier molecular flexibility index (Phi) is 4.51. The minimum atomic E-state index is -0.689. The van der Waals surface area contributed by atoms with Crippen LogP contribution >= 0.6 is 0 Å². The van der Waals surface area contributed by atoms with E-state index in [1.165, 1.54) is 19.3 Å². The standard InChI is InChI=1S/C18H27NO2/c1-2-11-19-12-4-9-18(20,10-13-19)15-5-3-6-17(14-15)21-16-7-8-16/h3,5-6,14,16,20H,2,4,7-13H2,1H3. The molecule has 1 aromatic carbocycles. The third-order valence-corrected chi connectivity index (χ3v) is 4.64. The van der Waals surface area contributed by atoms with E-state index >= 15 is 0 Å². The van der Waals surface area contributed by atoms with Crippen LogP contribution in [0.3, 0.4) is 0 Å². The van der Waals surface area contributed by atoms with Crippen molar-refractivity contribution in [1.29, 1.82) is 0 Å². The van der Waals surface area contributed by atoms with Gasteiger partial charge in [0.15, 0.2) is 0 Å². The van der Waals surface area contributed by atoms with Crippen molar-refractivity contribution in [2.45, 2.75) is 57.2 Å². The number of benzene rings is 1. The van der Waals surface area contributed by atoms with E-state index in [2.05, 4.69) is 17.9 Å². The van der Waals surface area contributed by atoms with Crippen LogP contribution < -0.4 is 4.74 Å². The first-order valence-corrected chi connectivity index (χ1v) is 8.41. The quantitative estimate of drug-likeness (QED) is 0.902. The summed E-state index contributed by atoms with van der Waals surface area (Å²) in [5.74, 6) is 0.915. The van der Waals surface area contributed by atoms with Gasteiger partial charge >= 0.3 is 0 Å². The third kappa shape index (κ3) is 3.78. The lowest BCUT2D eigenvalue weighted by Gasteiger charge is -2.28. The molecule has 1 saturated carbocycles. The molecule has 2 fully saturated rings. The predicted molar refractivity (Wildman–Crippen MR) is 84.6 cm³/mol. The van der Waals surface area contributed by atoms with Gasteiger partial charge in [-0.15, -0.1) is 0 Å². The zero-order chi connectivity index (χ0) is 14.7. The fourth-order valence-electron chi connectivity index (χ4n) is 3.24. The van der Waals surface area contributed by atoms with E-state index in [-0.39, 0.29) is 0 Å². The molecular weight excluding hydrogens is 262 g/mol. The molecule has 1 aliphatic heterocycles. The topological polar surface area (TPSA) is 32.7 Å². The molecule has 3 heteroatoms. The summed E-state index contributed by atoms with van der Waals surface area (Å²) in [6, 6.07) is 8.12. The number of likely N-dealkylation sites (tertiary alicyclic amines) is 1. The highest BCUT2D eigenvalue weighted by Gasteiger charge is 2.32. The summed E-state index contributed by atoms with van der Waals surface area (Å²) in [5.41, 5.74) is 0.338. The van der Waals surface area contributed by atoms with E-state index in [1.54, 1.807) is 0 Å². The average Bonchev–Trinajstić information content (AvgIpc) is 3.30. The fraction of sp³-hybridized carbons (Fsp3) is 0.667. The maximum Gasteiger partial charge on any atom is 0.120 e. The molecule has 0 radical (unpaired) electrons.